The van der Waals surface area contributed by atoms with Gasteiger partial charge in [-0.3, -0.25) is 14.9 Å². The maximum absolute atomic E-state index is 12.1. The van der Waals surface area contributed by atoms with Gasteiger partial charge < -0.3 is 10.5 Å². The summed E-state index contributed by atoms with van der Waals surface area (Å²) >= 11 is 0. The van der Waals surface area contributed by atoms with Gasteiger partial charge in [0.25, 0.3) is 5.69 Å². The summed E-state index contributed by atoms with van der Waals surface area (Å²) in [5.74, 6) is -0.0272. The van der Waals surface area contributed by atoms with Crippen LogP contribution in [-0.4, -0.2) is 25.8 Å². The van der Waals surface area contributed by atoms with Gasteiger partial charge in [0.15, 0.2) is 5.82 Å². The predicted molar refractivity (Wildman–Crippen MR) is 113 cm³/mol. The molecule has 148 valence electrons. The molecular formula is C22H16N4O4. The maximum Gasteiger partial charge on any atom is 0.271 e. The largest absolute Gasteiger partial charge is 0.426 e. The monoisotopic (exact) mass is 400 g/mol. The lowest BCUT2D eigenvalue weighted by molar-refractivity contribution is -0.384. The molecule has 0 saturated carbocycles. The number of nitrogens with zero attached hydrogens (tertiary/aromatic N) is 3. The molecule has 8 nitrogen and oxygen atoms in total. The standard InChI is InChI=1S/C22H16N4O4/c27-21(13-6-15-4-2-1-3-5-15)23-17-9-7-16(8-10-17)22-24-19-12-11-18(26(29)30)14-20(19)25(22)28/h1-14,28H,(H,23,27). The minimum absolute atomic E-state index is 0.133. The number of nitro groups is 1. The number of nitrogens with one attached hydrogen (secondary N) is 1. The van der Waals surface area contributed by atoms with Crippen LogP contribution in [0.15, 0.2) is 78.9 Å². The van der Waals surface area contributed by atoms with Crippen LogP contribution in [0.4, 0.5) is 11.4 Å². The van der Waals surface area contributed by atoms with E-state index in [0.29, 0.717) is 16.8 Å². The third kappa shape index (κ3) is 3.88. The third-order valence-corrected chi connectivity index (χ3v) is 4.46. The Hall–Kier alpha value is -4.46. The fourth-order valence-electron chi connectivity index (χ4n) is 2.97. The van der Waals surface area contributed by atoms with Gasteiger partial charge in [-0.15, -0.1) is 0 Å². The van der Waals surface area contributed by atoms with E-state index in [1.807, 2.05) is 30.3 Å². The first kappa shape index (κ1) is 18.9. The molecule has 0 aliphatic carbocycles. The molecule has 2 N–H and O–H groups in total. The highest BCUT2D eigenvalue weighted by Crippen LogP contribution is 2.27. The molecule has 8 heteroatoms. The van der Waals surface area contributed by atoms with Crippen LogP contribution in [-0.2, 0) is 4.79 Å². The van der Waals surface area contributed by atoms with Crippen molar-refractivity contribution in [3.8, 4) is 11.4 Å². The van der Waals surface area contributed by atoms with Crippen LogP contribution in [0.25, 0.3) is 28.5 Å². The number of carbonyl (C=O) groups is 1. The number of benzene rings is 3. The fraction of sp³-hybridized carbons (Fsp3) is 0. The summed E-state index contributed by atoms with van der Waals surface area (Å²) < 4.78 is 0.818. The lowest BCUT2D eigenvalue weighted by atomic mass is 10.2. The lowest BCUT2D eigenvalue weighted by Crippen LogP contribution is -2.07. The van der Waals surface area contributed by atoms with Crippen LogP contribution in [0.3, 0.4) is 0 Å². The van der Waals surface area contributed by atoms with Gasteiger partial charge in [0.2, 0.25) is 5.91 Å². The Morgan fingerprint density at radius 3 is 2.50 bits per heavy atom. The van der Waals surface area contributed by atoms with Crippen LogP contribution in [0.2, 0.25) is 0 Å². The van der Waals surface area contributed by atoms with Gasteiger partial charge in [-0.1, -0.05) is 30.3 Å². The number of imidazole rings is 1. The summed E-state index contributed by atoms with van der Waals surface area (Å²) in [4.78, 5) is 26.8. The number of hydrogen-bond acceptors (Lipinski definition) is 5. The van der Waals surface area contributed by atoms with E-state index in [2.05, 4.69) is 10.3 Å². The summed E-state index contributed by atoms with van der Waals surface area (Å²) in [5.41, 5.74) is 2.63. The Kier molecular flexibility index (Phi) is 4.96. The Labute approximate surface area is 170 Å². The molecule has 4 aromatic rings. The summed E-state index contributed by atoms with van der Waals surface area (Å²) in [6.07, 6.45) is 3.17. The number of rotatable bonds is 5. The Morgan fingerprint density at radius 2 is 1.80 bits per heavy atom. The van der Waals surface area contributed by atoms with Crippen molar-refractivity contribution in [2.75, 3.05) is 5.32 Å². The topological polar surface area (TPSA) is 110 Å². The van der Waals surface area contributed by atoms with Crippen molar-refractivity contribution >= 4 is 34.4 Å². The van der Waals surface area contributed by atoms with Crippen molar-refractivity contribution < 1.29 is 14.9 Å². The van der Waals surface area contributed by atoms with Gasteiger partial charge in [-0.2, -0.15) is 4.73 Å². The normalized spacial score (nSPS) is 11.1. The van der Waals surface area contributed by atoms with Crippen molar-refractivity contribution in [3.05, 3.63) is 94.6 Å². The summed E-state index contributed by atoms with van der Waals surface area (Å²) in [5, 5.41) is 24.1. The average Bonchev–Trinajstić information content (AvgIpc) is 3.09. The number of amides is 1. The number of fused-ring (bicyclic) bond motifs is 1. The minimum atomic E-state index is -0.532. The molecule has 0 radical (unpaired) electrons. The van der Waals surface area contributed by atoms with Crippen LogP contribution >= 0.6 is 0 Å². The Bertz CT molecular complexity index is 1260. The molecule has 0 aliphatic rings. The smallest absolute Gasteiger partial charge is 0.271 e. The molecule has 0 atom stereocenters. The molecule has 0 unspecified atom stereocenters. The molecule has 30 heavy (non-hydrogen) atoms. The Morgan fingerprint density at radius 1 is 1.07 bits per heavy atom. The molecule has 1 aromatic heterocycles. The quantitative estimate of drug-likeness (QED) is 0.222. The molecule has 1 heterocycles. The third-order valence-electron chi connectivity index (χ3n) is 4.46. The van der Waals surface area contributed by atoms with Crippen molar-refractivity contribution in [2.45, 2.75) is 0 Å². The zero-order chi connectivity index (χ0) is 21.1. The molecule has 0 aliphatic heterocycles. The van der Waals surface area contributed by atoms with E-state index in [1.54, 1.807) is 30.3 Å². The zero-order valence-electron chi connectivity index (χ0n) is 15.6. The molecular weight excluding hydrogens is 384 g/mol. The van der Waals surface area contributed by atoms with Crippen LogP contribution in [0.5, 0.6) is 0 Å². The van der Waals surface area contributed by atoms with Gasteiger partial charge in [0.05, 0.1) is 10.4 Å². The first-order chi connectivity index (χ1) is 14.5. The maximum atomic E-state index is 12.1. The number of anilines is 1. The van der Waals surface area contributed by atoms with Crippen LogP contribution in [0, 0.1) is 10.1 Å². The minimum Gasteiger partial charge on any atom is -0.426 e. The average molecular weight is 400 g/mol. The highest BCUT2D eigenvalue weighted by atomic mass is 16.6. The molecule has 1 amide bonds. The zero-order valence-corrected chi connectivity index (χ0v) is 15.6. The van der Waals surface area contributed by atoms with Gasteiger partial charge in [-0.05, 0) is 42.0 Å². The van der Waals surface area contributed by atoms with Gasteiger partial charge in [0, 0.05) is 29.5 Å². The number of aromatic nitrogens is 2. The second-order valence-electron chi connectivity index (χ2n) is 6.49. The summed E-state index contributed by atoms with van der Waals surface area (Å²) in [6, 6.07) is 20.3. The van der Waals surface area contributed by atoms with Crippen LogP contribution in [0.1, 0.15) is 5.56 Å². The Balaban J connectivity index is 1.52. The van der Waals surface area contributed by atoms with E-state index in [-0.39, 0.29) is 22.9 Å². The first-order valence-corrected chi connectivity index (χ1v) is 9.02. The predicted octanol–water partition coefficient (Wildman–Crippen LogP) is 4.50. The van der Waals surface area contributed by atoms with E-state index in [1.165, 1.54) is 24.3 Å². The fourth-order valence-corrected chi connectivity index (χ4v) is 2.97. The first-order valence-electron chi connectivity index (χ1n) is 9.02. The van der Waals surface area contributed by atoms with E-state index in [4.69, 9.17) is 0 Å². The van der Waals surface area contributed by atoms with Crippen molar-refractivity contribution in [2.24, 2.45) is 0 Å². The molecule has 3 aromatic carbocycles. The van der Waals surface area contributed by atoms with E-state index < -0.39 is 4.92 Å². The van der Waals surface area contributed by atoms with Crippen molar-refractivity contribution in [1.82, 2.24) is 9.71 Å². The number of hydrogen-bond donors (Lipinski definition) is 2. The van der Waals surface area contributed by atoms with E-state index >= 15 is 0 Å². The highest BCUT2D eigenvalue weighted by Gasteiger charge is 2.15. The second kappa shape index (κ2) is 7.88. The molecule has 0 bridgehead atoms. The lowest BCUT2D eigenvalue weighted by Gasteiger charge is -2.05. The number of carbonyl (C=O) groups excluding carboxylic acids is 1. The molecule has 0 spiro atoms. The molecule has 0 fully saturated rings. The molecule has 0 saturated heterocycles. The van der Waals surface area contributed by atoms with Gasteiger partial charge in [-0.25, -0.2) is 4.98 Å². The summed E-state index contributed by atoms with van der Waals surface area (Å²) in [7, 11) is 0. The van der Waals surface area contributed by atoms with Crippen molar-refractivity contribution in [3.63, 3.8) is 0 Å². The van der Waals surface area contributed by atoms with E-state index in [0.717, 1.165) is 10.3 Å². The van der Waals surface area contributed by atoms with Crippen molar-refractivity contribution in [1.29, 1.82) is 0 Å². The highest BCUT2D eigenvalue weighted by molar-refractivity contribution is 6.02. The molecule has 4 rings (SSSR count). The van der Waals surface area contributed by atoms with Gasteiger partial charge >= 0.3 is 0 Å². The number of non-ortho nitro benzene ring substituents is 1. The second-order valence-corrected chi connectivity index (χ2v) is 6.49. The van der Waals surface area contributed by atoms with E-state index in [9.17, 15) is 20.1 Å². The number of nitro benzene ring substituents is 1. The summed E-state index contributed by atoms with van der Waals surface area (Å²) in [6.45, 7) is 0. The van der Waals surface area contributed by atoms with Crippen LogP contribution < -0.4 is 5.32 Å². The SMILES string of the molecule is O=C(C=Cc1ccccc1)Nc1ccc(-c2nc3ccc([N+](=O)[O-])cc3n2O)cc1. The van der Waals surface area contributed by atoms with Gasteiger partial charge in [0.1, 0.15) is 5.52 Å².